The van der Waals surface area contributed by atoms with E-state index in [0.717, 1.165) is 12.8 Å². The summed E-state index contributed by atoms with van der Waals surface area (Å²) < 4.78 is 13.1. The largest absolute Gasteiger partial charge is 0.368 e. The van der Waals surface area contributed by atoms with Crippen LogP contribution in [0.5, 0.6) is 0 Å². The first-order valence-corrected chi connectivity index (χ1v) is 7.61. The fourth-order valence-electron chi connectivity index (χ4n) is 2.41. The molecule has 1 aliphatic heterocycles. The van der Waals surface area contributed by atoms with Gasteiger partial charge in [-0.3, -0.25) is 14.6 Å². The van der Waals surface area contributed by atoms with Crippen molar-refractivity contribution in [1.82, 2.24) is 4.90 Å². The van der Waals surface area contributed by atoms with Crippen LogP contribution in [-0.2, 0) is 9.59 Å². The summed E-state index contributed by atoms with van der Waals surface area (Å²) in [7, 11) is 1.71. The van der Waals surface area contributed by atoms with Crippen LogP contribution in [0.25, 0.3) is 0 Å². The second-order valence-electron chi connectivity index (χ2n) is 5.57. The van der Waals surface area contributed by atoms with Gasteiger partial charge in [0, 0.05) is 20.0 Å². The SMILES string of the molecule is CCCCN(C)C(=O)C1=NN(c2ccc(F)cc2)[C@@H](C(N)=O)C1. The van der Waals surface area contributed by atoms with Crippen LogP contribution in [0.3, 0.4) is 0 Å². The molecule has 2 rings (SSSR count). The lowest BCUT2D eigenvalue weighted by Gasteiger charge is -2.20. The van der Waals surface area contributed by atoms with Gasteiger partial charge < -0.3 is 10.6 Å². The Labute approximate surface area is 134 Å². The maximum Gasteiger partial charge on any atom is 0.269 e. The number of benzene rings is 1. The molecule has 6 nitrogen and oxygen atoms in total. The van der Waals surface area contributed by atoms with Gasteiger partial charge in [0.05, 0.1) is 5.69 Å². The number of halogens is 1. The number of nitrogens with two attached hydrogens (primary N) is 1. The molecule has 2 N–H and O–H groups in total. The van der Waals surface area contributed by atoms with Gasteiger partial charge in [-0.25, -0.2) is 4.39 Å². The number of unbranched alkanes of at least 4 members (excludes halogenated alkanes) is 1. The zero-order valence-electron chi connectivity index (χ0n) is 13.3. The van der Waals surface area contributed by atoms with Crippen LogP contribution in [0, 0.1) is 5.82 Å². The summed E-state index contributed by atoms with van der Waals surface area (Å²) >= 11 is 0. The second kappa shape index (κ2) is 7.21. The number of hydrazone groups is 1. The number of carbonyl (C=O) groups is 2. The predicted octanol–water partition coefficient (Wildman–Crippen LogP) is 1.50. The molecule has 2 amide bonds. The average molecular weight is 320 g/mol. The third-order valence-corrected chi connectivity index (χ3v) is 3.77. The van der Waals surface area contributed by atoms with Crippen LogP contribution in [-0.4, -0.2) is 42.1 Å². The number of hydrogen-bond donors (Lipinski definition) is 1. The van der Waals surface area contributed by atoms with E-state index in [1.807, 2.05) is 6.92 Å². The van der Waals surface area contributed by atoms with Crippen molar-refractivity contribution >= 4 is 23.2 Å². The van der Waals surface area contributed by atoms with E-state index in [1.165, 1.54) is 29.3 Å². The number of primary amides is 1. The quantitative estimate of drug-likeness (QED) is 0.863. The molecule has 0 aliphatic carbocycles. The van der Waals surface area contributed by atoms with Crippen molar-refractivity contribution in [2.75, 3.05) is 18.6 Å². The normalized spacial score (nSPS) is 17.1. The van der Waals surface area contributed by atoms with Crippen molar-refractivity contribution in [3.05, 3.63) is 30.1 Å². The molecule has 0 saturated carbocycles. The standard InChI is InChI=1S/C16H21FN4O2/c1-3-4-9-20(2)16(23)13-10-14(15(18)22)21(19-13)12-7-5-11(17)6-8-12/h5-8,14H,3-4,9-10H2,1-2H3,(H2,18,22)/t14-/m1/s1. The minimum Gasteiger partial charge on any atom is -0.368 e. The highest BCUT2D eigenvalue weighted by molar-refractivity contribution is 6.40. The zero-order valence-corrected chi connectivity index (χ0v) is 13.3. The molecule has 1 aliphatic rings. The van der Waals surface area contributed by atoms with E-state index in [2.05, 4.69) is 5.10 Å². The van der Waals surface area contributed by atoms with Crippen molar-refractivity contribution < 1.29 is 14.0 Å². The molecule has 7 heteroatoms. The van der Waals surface area contributed by atoms with Gasteiger partial charge in [-0.05, 0) is 30.7 Å². The molecule has 1 heterocycles. The molecular formula is C16H21FN4O2. The Bertz CT molecular complexity index is 615. The maximum absolute atomic E-state index is 13.1. The molecule has 23 heavy (non-hydrogen) atoms. The summed E-state index contributed by atoms with van der Waals surface area (Å²) in [6.07, 6.45) is 2.04. The summed E-state index contributed by atoms with van der Waals surface area (Å²) in [5.41, 5.74) is 6.23. The van der Waals surface area contributed by atoms with Crippen molar-refractivity contribution in [2.24, 2.45) is 10.8 Å². The monoisotopic (exact) mass is 320 g/mol. The molecule has 1 aromatic rings. The number of nitrogens with zero attached hydrogens (tertiary/aromatic N) is 3. The lowest BCUT2D eigenvalue weighted by atomic mass is 10.1. The maximum atomic E-state index is 13.1. The van der Waals surface area contributed by atoms with Crippen LogP contribution < -0.4 is 10.7 Å². The Balaban J connectivity index is 2.22. The Morgan fingerprint density at radius 3 is 2.61 bits per heavy atom. The summed E-state index contributed by atoms with van der Waals surface area (Å²) in [5, 5.41) is 5.65. The number of anilines is 1. The van der Waals surface area contributed by atoms with Crippen LogP contribution in [0.1, 0.15) is 26.2 Å². The fraction of sp³-hybridized carbons (Fsp3) is 0.438. The predicted molar refractivity (Wildman–Crippen MR) is 86.5 cm³/mol. The molecule has 0 radical (unpaired) electrons. The van der Waals surface area contributed by atoms with E-state index in [1.54, 1.807) is 11.9 Å². The summed E-state index contributed by atoms with van der Waals surface area (Å²) in [6.45, 7) is 2.68. The number of amides is 2. The van der Waals surface area contributed by atoms with Crippen molar-refractivity contribution in [3.63, 3.8) is 0 Å². The molecular weight excluding hydrogens is 299 g/mol. The molecule has 124 valence electrons. The second-order valence-corrected chi connectivity index (χ2v) is 5.57. The Morgan fingerprint density at radius 2 is 2.04 bits per heavy atom. The number of hydrogen-bond acceptors (Lipinski definition) is 4. The van der Waals surface area contributed by atoms with Gasteiger partial charge in [-0.2, -0.15) is 5.10 Å². The molecule has 1 atom stereocenters. The van der Waals surface area contributed by atoms with Crippen molar-refractivity contribution in [2.45, 2.75) is 32.2 Å². The highest BCUT2D eigenvalue weighted by atomic mass is 19.1. The van der Waals surface area contributed by atoms with Gasteiger partial charge in [-0.1, -0.05) is 13.3 Å². The third-order valence-electron chi connectivity index (χ3n) is 3.77. The zero-order chi connectivity index (χ0) is 17.0. The third kappa shape index (κ3) is 3.85. The van der Waals surface area contributed by atoms with Gasteiger partial charge in [0.1, 0.15) is 17.6 Å². The van der Waals surface area contributed by atoms with Gasteiger partial charge in [0.15, 0.2) is 0 Å². The summed E-state index contributed by atoms with van der Waals surface area (Å²) in [6, 6.07) is 4.82. The highest BCUT2D eigenvalue weighted by Crippen LogP contribution is 2.25. The number of rotatable bonds is 6. The molecule has 0 saturated heterocycles. The van der Waals surface area contributed by atoms with Gasteiger partial charge in [0.25, 0.3) is 5.91 Å². The molecule has 0 bridgehead atoms. The Morgan fingerprint density at radius 1 is 1.39 bits per heavy atom. The van der Waals surface area contributed by atoms with E-state index >= 15 is 0 Å². The smallest absolute Gasteiger partial charge is 0.269 e. The van der Waals surface area contributed by atoms with Crippen LogP contribution in [0.4, 0.5) is 10.1 Å². The van der Waals surface area contributed by atoms with E-state index in [4.69, 9.17) is 5.73 Å². The molecule has 0 unspecified atom stereocenters. The molecule has 1 aromatic carbocycles. The van der Waals surface area contributed by atoms with Crippen molar-refractivity contribution in [1.29, 1.82) is 0 Å². The lowest BCUT2D eigenvalue weighted by molar-refractivity contribution is -0.123. The van der Waals surface area contributed by atoms with Gasteiger partial charge >= 0.3 is 0 Å². The van der Waals surface area contributed by atoms with Gasteiger partial charge in [0.2, 0.25) is 5.91 Å². The number of carbonyl (C=O) groups excluding carboxylic acids is 2. The van der Waals surface area contributed by atoms with Gasteiger partial charge in [-0.15, -0.1) is 0 Å². The Hall–Kier alpha value is -2.44. The van der Waals surface area contributed by atoms with E-state index < -0.39 is 11.9 Å². The lowest BCUT2D eigenvalue weighted by Crippen LogP contribution is -2.40. The molecule has 0 fully saturated rings. The van der Waals surface area contributed by atoms with E-state index in [0.29, 0.717) is 12.2 Å². The first-order valence-electron chi connectivity index (χ1n) is 7.61. The molecule has 0 aromatic heterocycles. The first-order chi connectivity index (χ1) is 10.9. The molecule has 0 spiro atoms. The fourth-order valence-corrected chi connectivity index (χ4v) is 2.41. The summed E-state index contributed by atoms with van der Waals surface area (Å²) in [4.78, 5) is 25.7. The van der Waals surface area contributed by atoms with Crippen LogP contribution in [0.15, 0.2) is 29.4 Å². The highest BCUT2D eigenvalue weighted by Gasteiger charge is 2.35. The van der Waals surface area contributed by atoms with E-state index in [-0.39, 0.29) is 23.9 Å². The van der Waals surface area contributed by atoms with Crippen LogP contribution in [0.2, 0.25) is 0 Å². The van der Waals surface area contributed by atoms with E-state index in [9.17, 15) is 14.0 Å². The summed E-state index contributed by atoms with van der Waals surface area (Å²) in [5.74, 6) is -1.17. The minimum absolute atomic E-state index is 0.155. The van der Waals surface area contributed by atoms with Crippen molar-refractivity contribution in [3.8, 4) is 0 Å². The van der Waals surface area contributed by atoms with Crippen LogP contribution >= 0.6 is 0 Å². The Kier molecular flexibility index (Phi) is 5.31. The first kappa shape index (κ1) is 16.9. The minimum atomic E-state index is -0.737. The average Bonchev–Trinajstić information content (AvgIpc) is 2.98. The topological polar surface area (TPSA) is 79.0 Å².